The number of fused-ring (bicyclic) bond motifs is 1. The third-order valence-corrected chi connectivity index (χ3v) is 4.31. The van der Waals surface area contributed by atoms with Gasteiger partial charge in [0.15, 0.2) is 0 Å². The van der Waals surface area contributed by atoms with E-state index in [1.165, 1.54) is 0 Å². The zero-order valence-corrected chi connectivity index (χ0v) is 15.3. The fourth-order valence-electron chi connectivity index (χ4n) is 2.87. The van der Waals surface area contributed by atoms with Crippen molar-refractivity contribution >= 4 is 17.0 Å². The molecule has 27 heavy (non-hydrogen) atoms. The minimum Gasteiger partial charge on any atom is -0.356 e. The van der Waals surface area contributed by atoms with Crippen molar-refractivity contribution in [2.45, 2.75) is 32.7 Å². The van der Waals surface area contributed by atoms with Crippen LogP contribution in [0.5, 0.6) is 0 Å². The Morgan fingerprint density at radius 1 is 1.30 bits per heavy atom. The molecule has 0 radical (unpaired) electrons. The summed E-state index contributed by atoms with van der Waals surface area (Å²) in [5.41, 5.74) is 6.92. The molecule has 3 N–H and O–H groups in total. The molecule has 0 aliphatic rings. The number of aromatic nitrogens is 3. The smallest absolute Gasteiger partial charge is 0.267 e. The molecule has 3 aromatic rings. The molecule has 2 heterocycles. The van der Waals surface area contributed by atoms with E-state index in [4.69, 9.17) is 10.3 Å². The number of aryl methyl sites for hydroxylation is 2. The van der Waals surface area contributed by atoms with Gasteiger partial charge in [-0.1, -0.05) is 35.5 Å². The predicted molar refractivity (Wildman–Crippen MR) is 101 cm³/mol. The topological polar surface area (TPSA) is 116 Å². The first-order valence-electron chi connectivity index (χ1n) is 8.96. The second-order valence-electron chi connectivity index (χ2n) is 6.35. The van der Waals surface area contributed by atoms with Gasteiger partial charge in [0.2, 0.25) is 5.91 Å². The first-order chi connectivity index (χ1) is 13.1. The minimum atomic E-state index is -0.207. The number of carbonyl (C=O) groups is 1. The highest BCUT2D eigenvalue weighted by atomic mass is 16.5. The van der Waals surface area contributed by atoms with Crippen LogP contribution in [0.15, 0.2) is 39.6 Å². The molecule has 0 aliphatic carbocycles. The van der Waals surface area contributed by atoms with Gasteiger partial charge in [0.05, 0.1) is 12.2 Å². The van der Waals surface area contributed by atoms with E-state index in [1.54, 1.807) is 11.5 Å². The molecular weight excluding hydrogens is 346 g/mol. The van der Waals surface area contributed by atoms with Gasteiger partial charge in [0.1, 0.15) is 11.2 Å². The number of benzene rings is 1. The van der Waals surface area contributed by atoms with Crippen LogP contribution in [0.1, 0.15) is 29.9 Å². The highest BCUT2D eigenvalue weighted by Crippen LogP contribution is 2.14. The van der Waals surface area contributed by atoms with Crippen LogP contribution in [0.4, 0.5) is 0 Å². The lowest BCUT2D eigenvalue weighted by Gasteiger charge is -2.12. The molecule has 8 heteroatoms. The molecule has 2 aromatic heterocycles. The van der Waals surface area contributed by atoms with Crippen molar-refractivity contribution in [2.75, 3.05) is 13.1 Å². The summed E-state index contributed by atoms with van der Waals surface area (Å²) in [5, 5.41) is 7.03. The molecule has 3 rings (SSSR count). The number of nitrogens with two attached hydrogens (primary N) is 1. The van der Waals surface area contributed by atoms with E-state index in [9.17, 15) is 9.59 Å². The summed E-state index contributed by atoms with van der Waals surface area (Å²) in [4.78, 5) is 29.5. The van der Waals surface area contributed by atoms with Crippen LogP contribution < -0.4 is 16.6 Å². The van der Waals surface area contributed by atoms with Crippen LogP contribution in [0.25, 0.3) is 11.1 Å². The monoisotopic (exact) mass is 369 g/mol. The highest BCUT2D eigenvalue weighted by Gasteiger charge is 2.18. The van der Waals surface area contributed by atoms with Crippen molar-refractivity contribution in [3.05, 3.63) is 57.8 Å². The lowest BCUT2D eigenvalue weighted by molar-refractivity contribution is -0.121. The van der Waals surface area contributed by atoms with Gasteiger partial charge in [-0.25, -0.2) is 0 Å². The van der Waals surface area contributed by atoms with E-state index in [0.717, 1.165) is 12.0 Å². The fourth-order valence-corrected chi connectivity index (χ4v) is 2.87. The average Bonchev–Trinajstić information content (AvgIpc) is 3.04. The zero-order chi connectivity index (χ0) is 19.2. The quantitative estimate of drug-likeness (QED) is 0.575. The van der Waals surface area contributed by atoms with Gasteiger partial charge in [0, 0.05) is 19.4 Å². The number of nitrogens with zero attached hydrogens (tertiary/aromatic N) is 3. The fraction of sp³-hybridized carbons (Fsp3) is 0.368. The van der Waals surface area contributed by atoms with Crippen molar-refractivity contribution in [1.29, 1.82) is 0 Å². The molecule has 0 saturated heterocycles. The predicted octanol–water partition coefficient (Wildman–Crippen LogP) is 1.14. The molecular formula is C19H23N5O3. The second kappa shape index (κ2) is 8.59. The summed E-state index contributed by atoms with van der Waals surface area (Å²) < 4.78 is 6.77. The minimum absolute atomic E-state index is 0.0993. The van der Waals surface area contributed by atoms with Gasteiger partial charge >= 0.3 is 0 Å². The maximum absolute atomic E-state index is 13.0. The van der Waals surface area contributed by atoms with Gasteiger partial charge in [-0.2, -0.15) is 4.98 Å². The Hall–Kier alpha value is -3.00. The number of carbonyl (C=O) groups excluding carboxylic acids is 1. The Labute approximate surface area is 156 Å². The highest BCUT2D eigenvalue weighted by molar-refractivity contribution is 5.76. The van der Waals surface area contributed by atoms with E-state index >= 15 is 0 Å². The molecule has 0 atom stereocenters. The third kappa shape index (κ3) is 4.40. The van der Waals surface area contributed by atoms with Gasteiger partial charge in [-0.15, -0.1) is 0 Å². The second-order valence-corrected chi connectivity index (χ2v) is 6.35. The summed E-state index contributed by atoms with van der Waals surface area (Å²) in [5.74, 6) is 0.402. The van der Waals surface area contributed by atoms with E-state index in [0.29, 0.717) is 43.0 Å². The lowest BCUT2D eigenvalue weighted by atomic mass is 10.2. The van der Waals surface area contributed by atoms with Gasteiger partial charge in [0.25, 0.3) is 11.3 Å². The Balaban J connectivity index is 1.89. The molecule has 0 fully saturated rings. The largest absolute Gasteiger partial charge is 0.356 e. The van der Waals surface area contributed by atoms with Crippen LogP contribution in [0.3, 0.4) is 0 Å². The summed E-state index contributed by atoms with van der Waals surface area (Å²) in [7, 11) is 0. The van der Waals surface area contributed by atoms with E-state index in [1.807, 2.05) is 30.3 Å². The van der Waals surface area contributed by atoms with E-state index in [2.05, 4.69) is 15.5 Å². The maximum atomic E-state index is 13.0. The Morgan fingerprint density at radius 3 is 2.81 bits per heavy atom. The van der Waals surface area contributed by atoms with Crippen molar-refractivity contribution in [3.8, 4) is 0 Å². The standard InChI is InChI=1S/C19H23N5O3/c1-13-17-18(27-23-13)22-15(8-9-16(25)21-11-5-10-20)24(19(17)26)12-14-6-3-2-4-7-14/h2-4,6-7H,5,8-12,20H2,1H3,(H,21,25). The van der Waals surface area contributed by atoms with Crippen molar-refractivity contribution in [1.82, 2.24) is 20.0 Å². The molecule has 0 saturated carbocycles. The molecule has 8 nitrogen and oxygen atoms in total. The van der Waals surface area contributed by atoms with Crippen LogP contribution in [0.2, 0.25) is 0 Å². The Kier molecular flexibility index (Phi) is 5.97. The van der Waals surface area contributed by atoms with Gasteiger partial charge < -0.3 is 15.6 Å². The summed E-state index contributed by atoms with van der Waals surface area (Å²) in [6, 6.07) is 9.65. The van der Waals surface area contributed by atoms with E-state index in [-0.39, 0.29) is 23.6 Å². The number of hydrogen-bond acceptors (Lipinski definition) is 6. The van der Waals surface area contributed by atoms with Crippen molar-refractivity contribution in [2.24, 2.45) is 5.73 Å². The average molecular weight is 369 g/mol. The zero-order valence-electron chi connectivity index (χ0n) is 15.3. The van der Waals surface area contributed by atoms with Crippen LogP contribution in [-0.4, -0.2) is 33.7 Å². The number of hydrogen-bond donors (Lipinski definition) is 2. The molecule has 0 spiro atoms. The number of nitrogens with one attached hydrogen (secondary N) is 1. The lowest BCUT2D eigenvalue weighted by Crippen LogP contribution is -2.29. The Morgan fingerprint density at radius 2 is 2.07 bits per heavy atom. The van der Waals surface area contributed by atoms with Gasteiger partial charge in [-0.05, 0) is 25.5 Å². The maximum Gasteiger partial charge on any atom is 0.267 e. The third-order valence-electron chi connectivity index (χ3n) is 4.31. The molecule has 0 unspecified atom stereocenters. The number of rotatable bonds is 8. The molecule has 1 aromatic carbocycles. The first kappa shape index (κ1) is 18.8. The summed E-state index contributed by atoms with van der Waals surface area (Å²) in [6.07, 6.45) is 1.28. The van der Waals surface area contributed by atoms with Crippen LogP contribution in [-0.2, 0) is 17.8 Å². The summed E-state index contributed by atoms with van der Waals surface area (Å²) in [6.45, 7) is 3.16. The molecule has 0 aliphatic heterocycles. The number of amides is 1. The molecule has 1 amide bonds. The molecule has 142 valence electrons. The Bertz CT molecular complexity index is 978. The first-order valence-corrected chi connectivity index (χ1v) is 8.96. The van der Waals surface area contributed by atoms with Crippen LogP contribution in [0, 0.1) is 6.92 Å². The van der Waals surface area contributed by atoms with E-state index < -0.39 is 0 Å². The molecule has 0 bridgehead atoms. The van der Waals surface area contributed by atoms with Crippen molar-refractivity contribution in [3.63, 3.8) is 0 Å². The SMILES string of the molecule is Cc1noc2nc(CCC(=O)NCCCN)n(Cc3ccccc3)c(=O)c12. The van der Waals surface area contributed by atoms with Crippen LogP contribution >= 0.6 is 0 Å². The summed E-state index contributed by atoms with van der Waals surface area (Å²) >= 11 is 0. The normalized spacial score (nSPS) is 11.0. The van der Waals surface area contributed by atoms with Gasteiger partial charge in [-0.3, -0.25) is 14.2 Å². The van der Waals surface area contributed by atoms with Crippen molar-refractivity contribution < 1.29 is 9.32 Å².